The van der Waals surface area contributed by atoms with Crippen LogP contribution in [-0.4, -0.2) is 38.2 Å². The van der Waals surface area contributed by atoms with Crippen molar-refractivity contribution in [2.45, 2.75) is 19.9 Å². The fourth-order valence-electron chi connectivity index (χ4n) is 1.77. The number of nitrogens with zero attached hydrogens (tertiary/aromatic N) is 1. The van der Waals surface area contributed by atoms with Crippen molar-refractivity contribution < 1.29 is 14.3 Å². The molecule has 0 amide bonds. The number of rotatable bonds is 7. The predicted octanol–water partition coefficient (Wildman–Crippen LogP) is 2.08. The van der Waals surface area contributed by atoms with Crippen LogP contribution in [0.15, 0.2) is 24.3 Å². The van der Waals surface area contributed by atoms with Crippen LogP contribution in [0.5, 0.6) is 5.75 Å². The number of carbonyl (C=O) groups excluding carboxylic acids is 1. The molecular formula is C14H21NO3. The van der Waals surface area contributed by atoms with Crippen LogP contribution < -0.4 is 4.74 Å². The van der Waals surface area contributed by atoms with Gasteiger partial charge in [-0.05, 0) is 30.7 Å². The highest BCUT2D eigenvalue weighted by atomic mass is 16.5. The molecule has 0 fully saturated rings. The van der Waals surface area contributed by atoms with Crippen LogP contribution in [-0.2, 0) is 16.1 Å². The third-order valence-electron chi connectivity index (χ3n) is 2.69. The standard InChI is InChI=1S/C14H21NO3/c1-4-9-15(11-14(16)18-3)10-12-5-7-13(17-2)8-6-12/h5-8H,4,9-11H2,1-3H3. The lowest BCUT2D eigenvalue weighted by molar-refractivity contribution is -0.142. The summed E-state index contributed by atoms with van der Waals surface area (Å²) in [5.41, 5.74) is 1.16. The highest BCUT2D eigenvalue weighted by molar-refractivity contribution is 5.71. The lowest BCUT2D eigenvalue weighted by atomic mass is 10.2. The van der Waals surface area contributed by atoms with Gasteiger partial charge in [0.15, 0.2) is 0 Å². The van der Waals surface area contributed by atoms with Gasteiger partial charge < -0.3 is 9.47 Å². The van der Waals surface area contributed by atoms with Crippen molar-refractivity contribution in [2.75, 3.05) is 27.3 Å². The molecule has 0 aliphatic heterocycles. The Labute approximate surface area is 108 Å². The van der Waals surface area contributed by atoms with E-state index in [1.54, 1.807) is 7.11 Å². The third kappa shape index (κ3) is 4.75. The van der Waals surface area contributed by atoms with Gasteiger partial charge >= 0.3 is 5.97 Å². The zero-order valence-corrected chi connectivity index (χ0v) is 11.3. The van der Waals surface area contributed by atoms with E-state index in [4.69, 9.17) is 9.47 Å². The number of ether oxygens (including phenoxy) is 2. The first-order chi connectivity index (χ1) is 8.69. The zero-order chi connectivity index (χ0) is 13.4. The SMILES string of the molecule is CCCN(CC(=O)OC)Cc1ccc(OC)cc1. The number of benzene rings is 1. The maximum absolute atomic E-state index is 11.3. The molecule has 0 heterocycles. The molecule has 100 valence electrons. The maximum atomic E-state index is 11.3. The minimum atomic E-state index is -0.197. The normalized spacial score (nSPS) is 10.4. The topological polar surface area (TPSA) is 38.8 Å². The van der Waals surface area contributed by atoms with Gasteiger partial charge in [-0.2, -0.15) is 0 Å². The lowest BCUT2D eigenvalue weighted by Crippen LogP contribution is -2.30. The van der Waals surface area contributed by atoms with E-state index in [1.807, 2.05) is 24.3 Å². The van der Waals surface area contributed by atoms with Gasteiger partial charge in [0.25, 0.3) is 0 Å². The second-order valence-electron chi connectivity index (χ2n) is 4.13. The van der Waals surface area contributed by atoms with Crippen molar-refractivity contribution in [3.8, 4) is 5.75 Å². The summed E-state index contributed by atoms with van der Waals surface area (Å²) in [6.45, 7) is 4.04. The first-order valence-corrected chi connectivity index (χ1v) is 6.11. The Morgan fingerprint density at radius 3 is 2.39 bits per heavy atom. The highest BCUT2D eigenvalue weighted by Gasteiger charge is 2.10. The summed E-state index contributed by atoms with van der Waals surface area (Å²) in [4.78, 5) is 13.4. The van der Waals surface area contributed by atoms with Crippen molar-refractivity contribution in [3.63, 3.8) is 0 Å². The van der Waals surface area contributed by atoms with E-state index < -0.39 is 0 Å². The fraction of sp³-hybridized carbons (Fsp3) is 0.500. The summed E-state index contributed by atoms with van der Waals surface area (Å²) in [6.07, 6.45) is 1.01. The maximum Gasteiger partial charge on any atom is 0.319 e. The Morgan fingerprint density at radius 1 is 1.22 bits per heavy atom. The van der Waals surface area contributed by atoms with Gasteiger partial charge in [-0.3, -0.25) is 9.69 Å². The quantitative estimate of drug-likeness (QED) is 0.695. The molecule has 4 nitrogen and oxygen atoms in total. The van der Waals surface area contributed by atoms with E-state index in [9.17, 15) is 4.79 Å². The van der Waals surface area contributed by atoms with Gasteiger partial charge in [0.05, 0.1) is 20.8 Å². The number of carbonyl (C=O) groups is 1. The molecule has 0 aliphatic carbocycles. The van der Waals surface area contributed by atoms with Gasteiger partial charge in [0.1, 0.15) is 5.75 Å². The molecule has 0 unspecified atom stereocenters. The first kappa shape index (κ1) is 14.5. The number of esters is 1. The average Bonchev–Trinajstić information content (AvgIpc) is 2.39. The summed E-state index contributed by atoms with van der Waals surface area (Å²) < 4.78 is 9.82. The molecule has 0 N–H and O–H groups in total. The third-order valence-corrected chi connectivity index (χ3v) is 2.69. The molecule has 18 heavy (non-hydrogen) atoms. The number of methoxy groups -OCH3 is 2. The van der Waals surface area contributed by atoms with E-state index in [2.05, 4.69) is 11.8 Å². The van der Waals surface area contributed by atoms with Crippen LogP contribution in [0.2, 0.25) is 0 Å². The Balaban J connectivity index is 2.60. The van der Waals surface area contributed by atoms with Crippen LogP contribution in [0.4, 0.5) is 0 Å². The molecule has 0 spiro atoms. The van der Waals surface area contributed by atoms with Crippen LogP contribution in [0.1, 0.15) is 18.9 Å². The van der Waals surface area contributed by atoms with E-state index in [0.717, 1.165) is 30.8 Å². The van der Waals surface area contributed by atoms with Crippen molar-refractivity contribution in [3.05, 3.63) is 29.8 Å². The predicted molar refractivity (Wildman–Crippen MR) is 70.6 cm³/mol. The molecule has 0 radical (unpaired) electrons. The van der Waals surface area contributed by atoms with Gasteiger partial charge in [-0.25, -0.2) is 0 Å². The van der Waals surface area contributed by atoms with Gasteiger partial charge in [0, 0.05) is 6.54 Å². The molecule has 0 bridgehead atoms. The molecule has 0 saturated carbocycles. The molecule has 4 heteroatoms. The Morgan fingerprint density at radius 2 is 1.89 bits per heavy atom. The smallest absolute Gasteiger partial charge is 0.319 e. The summed E-state index contributed by atoms with van der Waals surface area (Å²) in [7, 11) is 3.06. The van der Waals surface area contributed by atoms with E-state index >= 15 is 0 Å². The summed E-state index contributed by atoms with van der Waals surface area (Å²) in [6, 6.07) is 7.88. The molecule has 1 rings (SSSR count). The summed E-state index contributed by atoms with van der Waals surface area (Å²) >= 11 is 0. The Bertz CT molecular complexity index is 362. The monoisotopic (exact) mass is 251 g/mol. The molecule has 1 aromatic rings. The fourth-order valence-corrected chi connectivity index (χ4v) is 1.77. The van der Waals surface area contributed by atoms with Gasteiger partial charge in [-0.15, -0.1) is 0 Å². The van der Waals surface area contributed by atoms with Crippen molar-refractivity contribution in [1.29, 1.82) is 0 Å². The van der Waals surface area contributed by atoms with E-state index in [-0.39, 0.29) is 5.97 Å². The Kier molecular flexibility index (Phi) is 6.22. The molecule has 0 aliphatic rings. The summed E-state index contributed by atoms with van der Waals surface area (Å²) in [5, 5.41) is 0. The van der Waals surface area contributed by atoms with Gasteiger partial charge in [0.2, 0.25) is 0 Å². The largest absolute Gasteiger partial charge is 0.497 e. The molecule has 0 saturated heterocycles. The molecule has 1 aromatic carbocycles. The minimum absolute atomic E-state index is 0.197. The number of hydrogen-bond acceptors (Lipinski definition) is 4. The summed E-state index contributed by atoms with van der Waals surface area (Å²) in [5.74, 6) is 0.644. The minimum Gasteiger partial charge on any atom is -0.497 e. The molecule has 0 atom stereocenters. The van der Waals surface area contributed by atoms with Crippen LogP contribution in [0.25, 0.3) is 0 Å². The van der Waals surface area contributed by atoms with E-state index in [0.29, 0.717) is 6.54 Å². The highest BCUT2D eigenvalue weighted by Crippen LogP contribution is 2.13. The first-order valence-electron chi connectivity index (χ1n) is 6.11. The van der Waals surface area contributed by atoms with Gasteiger partial charge in [-0.1, -0.05) is 19.1 Å². The van der Waals surface area contributed by atoms with E-state index in [1.165, 1.54) is 7.11 Å². The van der Waals surface area contributed by atoms with Crippen molar-refractivity contribution >= 4 is 5.97 Å². The van der Waals surface area contributed by atoms with Crippen LogP contribution in [0.3, 0.4) is 0 Å². The Hall–Kier alpha value is -1.55. The number of hydrogen-bond donors (Lipinski definition) is 0. The molecule has 0 aromatic heterocycles. The second kappa shape index (κ2) is 7.71. The average molecular weight is 251 g/mol. The second-order valence-corrected chi connectivity index (χ2v) is 4.13. The zero-order valence-electron chi connectivity index (χ0n) is 11.3. The van der Waals surface area contributed by atoms with Crippen molar-refractivity contribution in [2.24, 2.45) is 0 Å². The molecular weight excluding hydrogens is 230 g/mol. The lowest BCUT2D eigenvalue weighted by Gasteiger charge is -2.20. The van der Waals surface area contributed by atoms with Crippen LogP contribution in [0, 0.1) is 0 Å². The van der Waals surface area contributed by atoms with Crippen LogP contribution >= 0.6 is 0 Å². The van der Waals surface area contributed by atoms with Crippen molar-refractivity contribution in [1.82, 2.24) is 4.90 Å².